The third-order valence-corrected chi connectivity index (χ3v) is 5.57. The Morgan fingerprint density at radius 2 is 1.70 bits per heavy atom. The second-order valence-corrected chi connectivity index (χ2v) is 7.86. The van der Waals surface area contributed by atoms with Gasteiger partial charge in [-0.25, -0.2) is 23.7 Å². The maximum Gasteiger partial charge on any atom is 0.416 e. The van der Waals surface area contributed by atoms with Crippen molar-refractivity contribution in [3.05, 3.63) is 65.5 Å². The molecule has 3 aromatic rings. The largest absolute Gasteiger partial charge is 0.416 e. The monoisotopic (exact) mass is 466 g/mol. The molecule has 0 aliphatic heterocycles. The SMILES string of the molecule is CC(c1ncnn1-c1ncccn1)N(C)C(=O)c1cc(C(F)(F)F)cc(C(F)(F)C2CC2)c1. The molecule has 174 valence electrons. The Kier molecular flexibility index (Phi) is 5.62. The molecular formula is C21H19F5N6O. The van der Waals surface area contributed by atoms with Crippen LogP contribution in [0, 0.1) is 5.92 Å². The Morgan fingerprint density at radius 1 is 1.06 bits per heavy atom. The third kappa shape index (κ3) is 4.41. The van der Waals surface area contributed by atoms with Gasteiger partial charge < -0.3 is 4.90 Å². The van der Waals surface area contributed by atoms with Crippen LogP contribution in [0.5, 0.6) is 0 Å². The van der Waals surface area contributed by atoms with Crippen molar-refractivity contribution in [3.63, 3.8) is 0 Å². The lowest BCUT2D eigenvalue weighted by molar-refractivity contribution is -0.137. The molecule has 2 heterocycles. The molecule has 1 saturated carbocycles. The molecule has 1 fully saturated rings. The first-order chi connectivity index (χ1) is 15.5. The molecule has 12 heteroatoms. The number of hydrogen-bond donors (Lipinski definition) is 0. The Labute approximate surface area is 185 Å². The van der Waals surface area contributed by atoms with Crippen molar-refractivity contribution in [3.8, 4) is 5.95 Å². The van der Waals surface area contributed by atoms with Crippen LogP contribution in [0.2, 0.25) is 0 Å². The van der Waals surface area contributed by atoms with Crippen LogP contribution in [0.4, 0.5) is 22.0 Å². The third-order valence-electron chi connectivity index (χ3n) is 5.57. The van der Waals surface area contributed by atoms with Crippen molar-refractivity contribution >= 4 is 5.91 Å². The molecule has 33 heavy (non-hydrogen) atoms. The molecule has 2 aromatic heterocycles. The van der Waals surface area contributed by atoms with E-state index in [0.29, 0.717) is 12.1 Å². The van der Waals surface area contributed by atoms with E-state index in [1.165, 1.54) is 30.5 Å². The summed E-state index contributed by atoms with van der Waals surface area (Å²) in [4.78, 5) is 26.4. The summed E-state index contributed by atoms with van der Waals surface area (Å²) >= 11 is 0. The van der Waals surface area contributed by atoms with Gasteiger partial charge in [-0.3, -0.25) is 4.79 Å². The predicted molar refractivity (Wildman–Crippen MR) is 106 cm³/mol. The molecule has 7 nitrogen and oxygen atoms in total. The van der Waals surface area contributed by atoms with Crippen LogP contribution in [0.15, 0.2) is 43.0 Å². The highest BCUT2D eigenvalue weighted by atomic mass is 19.4. The van der Waals surface area contributed by atoms with E-state index in [0.717, 1.165) is 11.0 Å². The molecule has 0 spiro atoms. The molecule has 0 saturated heterocycles. The number of aromatic nitrogens is 5. The number of benzene rings is 1. The van der Waals surface area contributed by atoms with Crippen LogP contribution in [0.25, 0.3) is 5.95 Å². The first kappa shape index (κ1) is 22.7. The Hall–Kier alpha value is -3.44. The smallest absolute Gasteiger partial charge is 0.332 e. The molecule has 0 bridgehead atoms. The number of rotatable bonds is 6. The summed E-state index contributed by atoms with van der Waals surface area (Å²) in [6, 6.07) is 2.66. The van der Waals surface area contributed by atoms with Gasteiger partial charge in [0.1, 0.15) is 6.33 Å². The van der Waals surface area contributed by atoms with Crippen molar-refractivity contribution in [2.75, 3.05) is 7.05 Å². The van der Waals surface area contributed by atoms with Crippen molar-refractivity contribution in [1.82, 2.24) is 29.6 Å². The van der Waals surface area contributed by atoms with Gasteiger partial charge in [0.15, 0.2) is 5.82 Å². The first-order valence-corrected chi connectivity index (χ1v) is 10.0. The van der Waals surface area contributed by atoms with Crippen LogP contribution in [0.3, 0.4) is 0 Å². The molecular weight excluding hydrogens is 447 g/mol. The van der Waals surface area contributed by atoms with E-state index in [1.807, 2.05) is 0 Å². The number of amides is 1. The number of carbonyl (C=O) groups excluding carboxylic acids is 1. The molecule has 0 radical (unpaired) electrons. The average molecular weight is 466 g/mol. The minimum absolute atomic E-state index is 0.183. The lowest BCUT2D eigenvalue weighted by Gasteiger charge is -2.26. The summed E-state index contributed by atoms with van der Waals surface area (Å²) in [6.07, 6.45) is -0.255. The average Bonchev–Trinajstić information content (AvgIpc) is 3.55. The summed E-state index contributed by atoms with van der Waals surface area (Å²) in [5.74, 6) is -4.92. The maximum atomic E-state index is 14.6. The summed E-state index contributed by atoms with van der Waals surface area (Å²) < 4.78 is 70.9. The van der Waals surface area contributed by atoms with E-state index in [2.05, 4.69) is 20.1 Å². The summed E-state index contributed by atoms with van der Waals surface area (Å²) in [5, 5.41) is 4.04. The molecule has 1 unspecified atom stereocenters. The highest BCUT2D eigenvalue weighted by Gasteiger charge is 2.49. The molecule has 1 aromatic carbocycles. The lowest BCUT2D eigenvalue weighted by atomic mass is 9.97. The predicted octanol–water partition coefficient (Wildman–Crippen LogP) is 4.41. The van der Waals surface area contributed by atoms with E-state index in [4.69, 9.17) is 0 Å². The molecule has 1 amide bonds. The second-order valence-electron chi connectivity index (χ2n) is 7.86. The number of hydrogen-bond acceptors (Lipinski definition) is 5. The maximum absolute atomic E-state index is 14.6. The minimum atomic E-state index is -4.89. The zero-order valence-corrected chi connectivity index (χ0v) is 17.6. The number of alkyl halides is 5. The fourth-order valence-corrected chi connectivity index (χ4v) is 3.43. The quantitative estimate of drug-likeness (QED) is 0.503. The zero-order chi connectivity index (χ0) is 24.0. The van der Waals surface area contributed by atoms with Crippen LogP contribution in [-0.4, -0.2) is 42.6 Å². The van der Waals surface area contributed by atoms with Crippen molar-refractivity contribution in [2.24, 2.45) is 5.92 Å². The minimum Gasteiger partial charge on any atom is -0.332 e. The Bertz CT molecular complexity index is 1160. The second kappa shape index (κ2) is 8.16. The molecule has 1 atom stereocenters. The van der Waals surface area contributed by atoms with E-state index in [-0.39, 0.29) is 24.6 Å². The van der Waals surface area contributed by atoms with Gasteiger partial charge in [-0.15, -0.1) is 0 Å². The molecule has 0 N–H and O–H groups in total. The van der Waals surface area contributed by atoms with E-state index in [9.17, 15) is 26.7 Å². The fraction of sp³-hybridized carbons (Fsp3) is 0.381. The summed E-state index contributed by atoms with van der Waals surface area (Å²) in [7, 11) is 1.34. The first-order valence-electron chi connectivity index (χ1n) is 10.0. The van der Waals surface area contributed by atoms with Gasteiger partial charge in [0, 0.05) is 36.5 Å². The molecule has 1 aliphatic carbocycles. The van der Waals surface area contributed by atoms with Crippen molar-refractivity contribution < 1.29 is 26.7 Å². The Morgan fingerprint density at radius 3 is 2.30 bits per heavy atom. The van der Waals surface area contributed by atoms with E-state index < -0.39 is 46.7 Å². The lowest BCUT2D eigenvalue weighted by Crippen LogP contribution is -2.32. The molecule has 1 aliphatic rings. The van der Waals surface area contributed by atoms with Crippen LogP contribution >= 0.6 is 0 Å². The van der Waals surface area contributed by atoms with E-state index >= 15 is 0 Å². The number of halogens is 5. The topological polar surface area (TPSA) is 76.8 Å². The molecule has 4 rings (SSSR count). The Balaban J connectivity index is 1.69. The van der Waals surface area contributed by atoms with Crippen LogP contribution < -0.4 is 0 Å². The van der Waals surface area contributed by atoms with E-state index in [1.54, 1.807) is 13.0 Å². The van der Waals surface area contributed by atoms with Crippen molar-refractivity contribution in [2.45, 2.75) is 37.9 Å². The summed E-state index contributed by atoms with van der Waals surface area (Å²) in [6.45, 7) is 1.58. The number of nitrogens with zero attached hydrogens (tertiary/aromatic N) is 6. The van der Waals surface area contributed by atoms with Gasteiger partial charge in [-0.2, -0.15) is 23.0 Å². The normalized spacial score (nSPS) is 15.4. The summed E-state index contributed by atoms with van der Waals surface area (Å²) in [5.41, 5.74) is -2.60. The van der Waals surface area contributed by atoms with Crippen LogP contribution in [0.1, 0.15) is 53.1 Å². The highest BCUT2D eigenvalue weighted by molar-refractivity contribution is 5.94. The van der Waals surface area contributed by atoms with Gasteiger partial charge in [0.05, 0.1) is 11.6 Å². The highest BCUT2D eigenvalue weighted by Crippen LogP contribution is 2.50. The van der Waals surface area contributed by atoms with Crippen molar-refractivity contribution in [1.29, 1.82) is 0 Å². The van der Waals surface area contributed by atoms with Gasteiger partial charge in [-0.05, 0) is 44.0 Å². The van der Waals surface area contributed by atoms with Gasteiger partial charge in [0.25, 0.3) is 17.8 Å². The zero-order valence-electron chi connectivity index (χ0n) is 17.6. The van der Waals surface area contributed by atoms with Gasteiger partial charge in [-0.1, -0.05) is 0 Å². The van der Waals surface area contributed by atoms with Crippen LogP contribution in [-0.2, 0) is 12.1 Å². The fourth-order valence-electron chi connectivity index (χ4n) is 3.43. The standard InChI is InChI=1S/C21H19F5N6O/c1-12(17-29-11-30-32(17)19-27-6-3-7-28-19)31(2)18(33)13-8-15(20(22,23)14-4-5-14)10-16(9-13)21(24,25)26/h3,6-12,14H,4-5H2,1-2H3. The van der Waals surface area contributed by atoms with Gasteiger partial charge in [0.2, 0.25) is 0 Å². The van der Waals surface area contributed by atoms with Gasteiger partial charge >= 0.3 is 6.18 Å². The number of carbonyl (C=O) groups is 1.